The van der Waals surface area contributed by atoms with Crippen molar-refractivity contribution in [2.45, 2.75) is 32.7 Å². The highest BCUT2D eigenvalue weighted by atomic mass is 32.1. The van der Waals surface area contributed by atoms with Crippen molar-refractivity contribution < 1.29 is 14.3 Å². The third kappa shape index (κ3) is 6.14. The zero-order chi connectivity index (χ0) is 19.1. The number of carbonyl (C=O) groups is 2. The van der Waals surface area contributed by atoms with Crippen LogP contribution in [0.5, 0.6) is 0 Å². The van der Waals surface area contributed by atoms with Crippen molar-refractivity contribution in [2.75, 3.05) is 31.6 Å². The Hall–Kier alpha value is -2.26. The minimum Gasteiger partial charge on any atom is -0.466 e. The molecule has 0 aromatic carbocycles. The Bertz CT molecular complexity index is 738. The topological polar surface area (TPSA) is 89.4 Å². The number of amides is 1. The monoisotopic (exact) mass is 391 g/mol. The van der Waals surface area contributed by atoms with Crippen LogP contribution in [0.15, 0.2) is 23.8 Å². The van der Waals surface area contributed by atoms with Gasteiger partial charge in [-0.25, -0.2) is 4.98 Å². The van der Waals surface area contributed by atoms with Crippen molar-refractivity contribution in [3.63, 3.8) is 0 Å². The molecule has 1 amide bonds. The molecule has 1 fully saturated rings. The van der Waals surface area contributed by atoms with E-state index in [1.54, 1.807) is 18.5 Å². The lowest BCUT2D eigenvalue weighted by molar-refractivity contribution is -0.142. The molecule has 9 heteroatoms. The van der Waals surface area contributed by atoms with E-state index in [9.17, 15) is 9.59 Å². The minimum atomic E-state index is -0.307. The van der Waals surface area contributed by atoms with Crippen LogP contribution in [0.25, 0.3) is 0 Å². The summed E-state index contributed by atoms with van der Waals surface area (Å²) in [7, 11) is 0. The largest absolute Gasteiger partial charge is 0.466 e. The van der Waals surface area contributed by atoms with Gasteiger partial charge in [0.1, 0.15) is 0 Å². The summed E-state index contributed by atoms with van der Waals surface area (Å²) >= 11 is 1.32. The third-order valence-electron chi connectivity index (χ3n) is 4.51. The molecule has 0 unspecified atom stereocenters. The zero-order valence-electron chi connectivity index (χ0n) is 15.5. The fraction of sp³-hybridized carbons (Fsp3) is 0.556. The molecule has 0 bridgehead atoms. The normalized spacial score (nSPS) is 15.6. The van der Waals surface area contributed by atoms with Gasteiger partial charge < -0.3 is 10.1 Å². The standard InChI is InChI=1S/C18H25N5O3S/c1-2-26-17(25)10-15-13-27-18(20-15)21-16(24)12-22-8-4-14(5-9-22)11-23-7-3-6-19-23/h3,6-7,13-14H,2,4-5,8-12H2,1H3,(H,20,21,24). The number of rotatable bonds is 8. The average molecular weight is 391 g/mol. The number of nitrogens with zero attached hydrogens (tertiary/aromatic N) is 4. The maximum atomic E-state index is 12.3. The maximum absolute atomic E-state index is 12.3. The highest BCUT2D eigenvalue weighted by molar-refractivity contribution is 7.13. The Labute approximate surface area is 162 Å². The minimum absolute atomic E-state index is 0.0717. The molecule has 2 aromatic rings. The molecule has 3 rings (SSSR count). The van der Waals surface area contributed by atoms with Crippen LogP contribution in [0.4, 0.5) is 5.13 Å². The summed E-state index contributed by atoms with van der Waals surface area (Å²) in [6, 6.07) is 1.94. The lowest BCUT2D eigenvalue weighted by Gasteiger charge is -2.31. The first kappa shape index (κ1) is 19.5. The lowest BCUT2D eigenvalue weighted by Crippen LogP contribution is -2.40. The summed E-state index contributed by atoms with van der Waals surface area (Å²) in [6.07, 6.45) is 6.05. The van der Waals surface area contributed by atoms with Crippen LogP contribution < -0.4 is 5.32 Å². The molecule has 1 aliphatic rings. The number of carbonyl (C=O) groups excluding carboxylic acids is 2. The number of ether oxygens (including phenoxy) is 1. The number of piperidine rings is 1. The number of nitrogens with one attached hydrogen (secondary N) is 1. The maximum Gasteiger partial charge on any atom is 0.311 e. The number of aromatic nitrogens is 3. The number of likely N-dealkylation sites (tertiary alicyclic amines) is 1. The van der Waals surface area contributed by atoms with E-state index in [4.69, 9.17) is 4.74 Å². The fourth-order valence-electron chi connectivity index (χ4n) is 3.17. The van der Waals surface area contributed by atoms with Crippen LogP contribution in [-0.2, 0) is 27.3 Å². The van der Waals surface area contributed by atoms with Crippen molar-refractivity contribution in [3.05, 3.63) is 29.5 Å². The number of hydrogen-bond acceptors (Lipinski definition) is 7. The van der Waals surface area contributed by atoms with Gasteiger partial charge in [0, 0.05) is 24.3 Å². The predicted molar refractivity (Wildman–Crippen MR) is 102 cm³/mol. The summed E-state index contributed by atoms with van der Waals surface area (Å²) in [5, 5.41) is 9.37. The molecule has 3 heterocycles. The highest BCUT2D eigenvalue weighted by Crippen LogP contribution is 2.19. The third-order valence-corrected chi connectivity index (χ3v) is 5.31. The summed E-state index contributed by atoms with van der Waals surface area (Å²) in [5.41, 5.74) is 0.619. The molecule has 0 spiro atoms. The first-order chi connectivity index (χ1) is 13.1. The van der Waals surface area contributed by atoms with Gasteiger partial charge in [-0.15, -0.1) is 11.3 Å². The number of anilines is 1. The van der Waals surface area contributed by atoms with E-state index < -0.39 is 0 Å². The number of hydrogen-bond donors (Lipinski definition) is 1. The van der Waals surface area contributed by atoms with Crippen molar-refractivity contribution in [3.8, 4) is 0 Å². The van der Waals surface area contributed by atoms with E-state index in [1.165, 1.54) is 11.3 Å². The van der Waals surface area contributed by atoms with Crippen LogP contribution in [0, 0.1) is 5.92 Å². The van der Waals surface area contributed by atoms with Gasteiger partial charge in [-0.05, 0) is 44.8 Å². The van der Waals surface area contributed by atoms with Gasteiger partial charge in [0.25, 0.3) is 0 Å². The quantitative estimate of drug-likeness (QED) is 0.690. The van der Waals surface area contributed by atoms with Gasteiger partial charge in [0.2, 0.25) is 5.91 Å². The number of esters is 1. The van der Waals surface area contributed by atoms with E-state index in [0.29, 0.717) is 29.9 Å². The molecule has 8 nitrogen and oxygen atoms in total. The predicted octanol–water partition coefficient (Wildman–Crippen LogP) is 1.80. The van der Waals surface area contributed by atoms with E-state index >= 15 is 0 Å². The summed E-state index contributed by atoms with van der Waals surface area (Å²) in [6.45, 7) is 5.24. The molecular weight excluding hydrogens is 366 g/mol. The molecule has 146 valence electrons. The van der Waals surface area contributed by atoms with Crippen molar-refractivity contribution in [1.29, 1.82) is 0 Å². The van der Waals surface area contributed by atoms with E-state index in [1.807, 2.05) is 16.9 Å². The Morgan fingerprint density at radius 1 is 1.37 bits per heavy atom. The molecule has 1 aliphatic heterocycles. The first-order valence-electron chi connectivity index (χ1n) is 9.22. The first-order valence-corrected chi connectivity index (χ1v) is 10.1. The fourth-order valence-corrected chi connectivity index (χ4v) is 3.89. The highest BCUT2D eigenvalue weighted by Gasteiger charge is 2.21. The molecule has 1 N–H and O–H groups in total. The second kappa shape index (κ2) is 9.61. The molecule has 0 saturated carbocycles. The van der Waals surface area contributed by atoms with Crippen molar-refractivity contribution in [1.82, 2.24) is 19.7 Å². The smallest absolute Gasteiger partial charge is 0.311 e. The molecular formula is C18H25N5O3S. The van der Waals surface area contributed by atoms with Gasteiger partial charge >= 0.3 is 5.97 Å². The molecule has 2 aromatic heterocycles. The number of thiazole rings is 1. The van der Waals surface area contributed by atoms with Crippen LogP contribution >= 0.6 is 11.3 Å². The van der Waals surface area contributed by atoms with Gasteiger partial charge in [-0.3, -0.25) is 19.2 Å². The Morgan fingerprint density at radius 3 is 2.89 bits per heavy atom. The average Bonchev–Trinajstić information content (AvgIpc) is 3.29. The lowest BCUT2D eigenvalue weighted by atomic mass is 9.97. The van der Waals surface area contributed by atoms with Crippen LogP contribution in [-0.4, -0.2) is 57.8 Å². The van der Waals surface area contributed by atoms with Crippen LogP contribution in [0.3, 0.4) is 0 Å². The Kier molecular flexibility index (Phi) is 6.94. The molecule has 0 aliphatic carbocycles. The summed E-state index contributed by atoms with van der Waals surface area (Å²) in [4.78, 5) is 30.2. The molecule has 0 radical (unpaired) electrons. The molecule has 27 heavy (non-hydrogen) atoms. The van der Waals surface area contributed by atoms with Gasteiger partial charge in [-0.2, -0.15) is 5.10 Å². The second-order valence-corrected chi connectivity index (χ2v) is 7.48. The zero-order valence-corrected chi connectivity index (χ0v) is 16.3. The second-order valence-electron chi connectivity index (χ2n) is 6.62. The van der Waals surface area contributed by atoms with Gasteiger partial charge in [-0.1, -0.05) is 0 Å². The SMILES string of the molecule is CCOC(=O)Cc1csc(NC(=O)CN2CCC(Cn3cccn3)CC2)n1. The van der Waals surface area contributed by atoms with Crippen molar-refractivity contribution >= 4 is 28.3 Å². The van der Waals surface area contributed by atoms with Crippen LogP contribution in [0.1, 0.15) is 25.5 Å². The van der Waals surface area contributed by atoms with Crippen LogP contribution in [0.2, 0.25) is 0 Å². The summed E-state index contributed by atoms with van der Waals surface area (Å²) < 4.78 is 6.88. The van der Waals surface area contributed by atoms with Crippen molar-refractivity contribution in [2.24, 2.45) is 5.92 Å². The van der Waals surface area contributed by atoms with E-state index in [-0.39, 0.29) is 18.3 Å². The van der Waals surface area contributed by atoms with E-state index in [0.717, 1.165) is 32.5 Å². The Balaban J connectivity index is 1.38. The van der Waals surface area contributed by atoms with E-state index in [2.05, 4.69) is 20.3 Å². The summed E-state index contributed by atoms with van der Waals surface area (Å²) in [5.74, 6) is 0.227. The molecule has 1 saturated heterocycles. The van der Waals surface area contributed by atoms with Gasteiger partial charge in [0.15, 0.2) is 5.13 Å². The van der Waals surface area contributed by atoms with Gasteiger partial charge in [0.05, 0.1) is 25.3 Å². The Morgan fingerprint density at radius 2 is 2.19 bits per heavy atom. The molecule has 0 atom stereocenters.